The molecule has 2 N–H and O–H groups in total. The number of rotatable bonds is 4. The van der Waals surface area contributed by atoms with Crippen molar-refractivity contribution in [1.82, 2.24) is 0 Å². The molecule has 1 aromatic carbocycles. The van der Waals surface area contributed by atoms with Gasteiger partial charge >= 0.3 is 5.97 Å². The minimum atomic E-state index is -0.907. The summed E-state index contributed by atoms with van der Waals surface area (Å²) in [6.07, 6.45) is 3.90. The third-order valence-electron chi connectivity index (χ3n) is 3.48. The molecule has 4 nitrogen and oxygen atoms in total. The summed E-state index contributed by atoms with van der Waals surface area (Å²) in [6.45, 7) is -0.200. The van der Waals surface area contributed by atoms with Crippen LogP contribution in [0.5, 0.6) is 5.75 Å². The monoisotopic (exact) mass is 250 g/mol. The zero-order valence-electron chi connectivity index (χ0n) is 10.2. The largest absolute Gasteiger partial charge is 0.508 e. The topological polar surface area (TPSA) is 66.8 Å². The Bertz CT molecular complexity index is 391. The molecule has 1 aromatic rings. The van der Waals surface area contributed by atoms with Crippen LogP contribution in [-0.2, 0) is 9.53 Å². The normalized spacial score (nSPS) is 23.8. The van der Waals surface area contributed by atoms with E-state index in [4.69, 9.17) is 9.84 Å². The van der Waals surface area contributed by atoms with Gasteiger partial charge in [0.1, 0.15) is 12.4 Å². The zero-order chi connectivity index (χ0) is 13.0. The lowest BCUT2D eigenvalue weighted by atomic mass is 9.83. The van der Waals surface area contributed by atoms with Crippen molar-refractivity contribution in [3.63, 3.8) is 0 Å². The van der Waals surface area contributed by atoms with Crippen LogP contribution < -0.4 is 0 Å². The number of phenols is 1. The molecule has 0 atom stereocenters. The highest BCUT2D eigenvalue weighted by molar-refractivity contribution is 5.68. The van der Waals surface area contributed by atoms with Crippen LogP contribution in [0.2, 0.25) is 0 Å². The summed E-state index contributed by atoms with van der Waals surface area (Å²) in [4.78, 5) is 10.4. The average Bonchev–Trinajstić information content (AvgIpc) is 2.38. The van der Waals surface area contributed by atoms with Gasteiger partial charge in [-0.2, -0.15) is 0 Å². The standard InChI is InChI=1S/C14H18O4/c15-12-5-1-10(2-6-12)11-3-7-13(8-4-11)18-9-14(16)17/h1-2,5-6,11,13,15H,3-4,7-9H2,(H,16,17). The van der Waals surface area contributed by atoms with Gasteiger partial charge in [-0.15, -0.1) is 0 Å². The first kappa shape index (κ1) is 12.9. The molecule has 4 heteroatoms. The van der Waals surface area contributed by atoms with Gasteiger partial charge in [-0.1, -0.05) is 12.1 Å². The second-order valence-electron chi connectivity index (χ2n) is 4.77. The maximum Gasteiger partial charge on any atom is 0.329 e. The first-order chi connectivity index (χ1) is 8.65. The molecule has 0 spiro atoms. The van der Waals surface area contributed by atoms with Crippen LogP contribution in [0.4, 0.5) is 0 Å². The number of carboxylic acid groups (broad SMARTS) is 1. The molecular formula is C14H18O4. The molecule has 0 bridgehead atoms. The fourth-order valence-electron chi connectivity index (χ4n) is 2.50. The second-order valence-corrected chi connectivity index (χ2v) is 4.77. The molecule has 0 amide bonds. The summed E-state index contributed by atoms with van der Waals surface area (Å²) in [6, 6.07) is 7.33. The van der Waals surface area contributed by atoms with Crippen molar-refractivity contribution in [1.29, 1.82) is 0 Å². The Morgan fingerprint density at radius 1 is 1.17 bits per heavy atom. The van der Waals surface area contributed by atoms with E-state index in [1.54, 1.807) is 12.1 Å². The predicted molar refractivity (Wildman–Crippen MR) is 66.7 cm³/mol. The number of aromatic hydroxyl groups is 1. The van der Waals surface area contributed by atoms with Crippen LogP contribution in [0.1, 0.15) is 37.2 Å². The summed E-state index contributed by atoms with van der Waals surface area (Å²) < 4.78 is 5.31. The van der Waals surface area contributed by atoms with E-state index < -0.39 is 5.97 Å². The number of carbonyl (C=O) groups is 1. The van der Waals surface area contributed by atoms with Crippen LogP contribution in [0.15, 0.2) is 24.3 Å². The third-order valence-corrected chi connectivity index (χ3v) is 3.48. The van der Waals surface area contributed by atoms with Crippen molar-refractivity contribution < 1.29 is 19.7 Å². The van der Waals surface area contributed by atoms with Crippen LogP contribution in [-0.4, -0.2) is 28.9 Å². The predicted octanol–water partition coefficient (Wildman–Crippen LogP) is 2.52. The summed E-state index contributed by atoms with van der Waals surface area (Å²) >= 11 is 0. The Labute approximate surface area is 106 Å². The van der Waals surface area contributed by atoms with E-state index in [0.717, 1.165) is 25.7 Å². The molecule has 0 aromatic heterocycles. The molecule has 1 saturated carbocycles. The maximum atomic E-state index is 10.4. The van der Waals surface area contributed by atoms with Gasteiger partial charge in [0.2, 0.25) is 0 Å². The number of aliphatic carboxylic acids is 1. The number of phenolic OH excluding ortho intramolecular Hbond substituents is 1. The van der Waals surface area contributed by atoms with Gasteiger partial charge in [-0.25, -0.2) is 4.79 Å². The highest BCUT2D eigenvalue weighted by Crippen LogP contribution is 2.34. The van der Waals surface area contributed by atoms with E-state index >= 15 is 0 Å². The van der Waals surface area contributed by atoms with Gasteiger partial charge in [-0.3, -0.25) is 0 Å². The van der Waals surface area contributed by atoms with E-state index in [1.807, 2.05) is 12.1 Å². The van der Waals surface area contributed by atoms with E-state index in [2.05, 4.69) is 0 Å². The lowest BCUT2D eigenvalue weighted by molar-refractivity contribution is -0.145. The van der Waals surface area contributed by atoms with Crippen LogP contribution in [0.3, 0.4) is 0 Å². The van der Waals surface area contributed by atoms with Crippen molar-refractivity contribution in [2.24, 2.45) is 0 Å². The molecule has 0 radical (unpaired) electrons. The Morgan fingerprint density at radius 3 is 2.33 bits per heavy atom. The van der Waals surface area contributed by atoms with Gasteiger partial charge in [-0.05, 0) is 49.3 Å². The second kappa shape index (κ2) is 5.87. The van der Waals surface area contributed by atoms with Crippen LogP contribution >= 0.6 is 0 Å². The maximum absolute atomic E-state index is 10.4. The number of hydrogen-bond donors (Lipinski definition) is 2. The van der Waals surface area contributed by atoms with Crippen LogP contribution in [0, 0.1) is 0 Å². The van der Waals surface area contributed by atoms with E-state index in [0.29, 0.717) is 5.92 Å². The molecule has 1 fully saturated rings. The van der Waals surface area contributed by atoms with Crippen molar-refractivity contribution in [3.8, 4) is 5.75 Å². The first-order valence-corrected chi connectivity index (χ1v) is 6.27. The summed E-state index contributed by atoms with van der Waals surface area (Å²) in [5, 5.41) is 17.8. The van der Waals surface area contributed by atoms with E-state index in [1.165, 1.54) is 5.56 Å². The zero-order valence-corrected chi connectivity index (χ0v) is 10.2. The number of benzene rings is 1. The molecule has 2 rings (SSSR count). The van der Waals surface area contributed by atoms with E-state index in [9.17, 15) is 9.90 Å². The van der Waals surface area contributed by atoms with Crippen molar-refractivity contribution in [3.05, 3.63) is 29.8 Å². The molecule has 0 heterocycles. The smallest absolute Gasteiger partial charge is 0.329 e. The summed E-state index contributed by atoms with van der Waals surface area (Å²) in [7, 11) is 0. The lowest BCUT2D eigenvalue weighted by Gasteiger charge is -2.28. The molecule has 0 saturated heterocycles. The van der Waals surface area contributed by atoms with E-state index in [-0.39, 0.29) is 18.5 Å². The quantitative estimate of drug-likeness (QED) is 0.861. The van der Waals surface area contributed by atoms with Gasteiger partial charge in [0.25, 0.3) is 0 Å². The van der Waals surface area contributed by atoms with Crippen molar-refractivity contribution in [2.45, 2.75) is 37.7 Å². The molecule has 0 aliphatic heterocycles. The van der Waals surface area contributed by atoms with Gasteiger partial charge in [0.15, 0.2) is 0 Å². The highest BCUT2D eigenvalue weighted by Gasteiger charge is 2.23. The van der Waals surface area contributed by atoms with Gasteiger partial charge in [0.05, 0.1) is 6.10 Å². The molecule has 0 unspecified atom stereocenters. The minimum absolute atomic E-state index is 0.0782. The Kier molecular flexibility index (Phi) is 4.20. The summed E-state index contributed by atoms with van der Waals surface area (Å²) in [5.41, 5.74) is 1.24. The Balaban J connectivity index is 1.83. The first-order valence-electron chi connectivity index (χ1n) is 6.27. The van der Waals surface area contributed by atoms with Gasteiger partial charge < -0.3 is 14.9 Å². The molecular weight excluding hydrogens is 232 g/mol. The highest BCUT2D eigenvalue weighted by atomic mass is 16.5. The lowest BCUT2D eigenvalue weighted by Crippen LogP contribution is -2.23. The minimum Gasteiger partial charge on any atom is -0.508 e. The fourth-order valence-corrected chi connectivity index (χ4v) is 2.50. The molecule has 18 heavy (non-hydrogen) atoms. The average molecular weight is 250 g/mol. The molecule has 1 aliphatic rings. The van der Waals surface area contributed by atoms with Gasteiger partial charge in [0, 0.05) is 0 Å². The van der Waals surface area contributed by atoms with Crippen LogP contribution in [0.25, 0.3) is 0 Å². The SMILES string of the molecule is O=C(O)COC1CCC(c2ccc(O)cc2)CC1. The number of hydrogen-bond acceptors (Lipinski definition) is 3. The number of carboxylic acids is 1. The van der Waals surface area contributed by atoms with Crippen molar-refractivity contribution >= 4 is 5.97 Å². The number of ether oxygens (including phenoxy) is 1. The Hall–Kier alpha value is -1.55. The third kappa shape index (κ3) is 3.47. The van der Waals surface area contributed by atoms with Crippen molar-refractivity contribution in [2.75, 3.05) is 6.61 Å². The Morgan fingerprint density at radius 2 is 1.78 bits per heavy atom. The molecule has 98 valence electrons. The fraction of sp³-hybridized carbons (Fsp3) is 0.500. The molecule has 1 aliphatic carbocycles. The summed E-state index contributed by atoms with van der Waals surface area (Å²) in [5.74, 6) is -0.122.